The highest BCUT2D eigenvalue weighted by Gasteiger charge is 2.52. The van der Waals surface area contributed by atoms with E-state index in [1.54, 1.807) is 12.2 Å². The van der Waals surface area contributed by atoms with Crippen molar-refractivity contribution in [3.63, 3.8) is 0 Å². The van der Waals surface area contributed by atoms with Crippen molar-refractivity contribution in [3.8, 4) is 22.8 Å². The third-order valence-electron chi connectivity index (χ3n) is 8.97. The maximum atomic E-state index is 8.75. The summed E-state index contributed by atoms with van der Waals surface area (Å²) >= 11 is 0. The van der Waals surface area contributed by atoms with Crippen LogP contribution in [-0.2, 0) is 5.41 Å². The molecule has 0 radical (unpaired) electrons. The normalized spacial score (nSPS) is 17.5. The zero-order valence-corrected chi connectivity index (χ0v) is 24.0. The maximum absolute atomic E-state index is 8.75. The molecule has 8 rings (SSSR count). The third kappa shape index (κ3) is 3.88. The van der Waals surface area contributed by atoms with Gasteiger partial charge in [0.15, 0.2) is 0 Å². The van der Waals surface area contributed by atoms with Crippen LogP contribution in [0.1, 0.15) is 46.4 Å². The molecule has 44 heavy (non-hydrogen) atoms. The standard InChI is InChI=1S/C40H29N3O/c41-34(26-12-2-1-3-13-26)24-25-35(42)37-22-11-21-36(43-37)29-16-10-20-33-39(29)44-38-23-9-8-19-32(38)40(33)30-17-6-4-14-27(30)28-15-5-7-18-31(28)40/h1-6,8-17,19-25,41-42H,7,18H2/b25-24-,41-34?,42-35?. The Kier molecular flexibility index (Phi) is 6.09. The Labute approximate surface area is 256 Å². The molecule has 5 aromatic rings. The first kappa shape index (κ1) is 26.1. The van der Waals surface area contributed by atoms with E-state index in [0.29, 0.717) is 11.4 Å². The van der Waals surface area contributed by atoms with Crippen molar-refractivity contribution in [1.29, 1.82) is 10.8 Å². The lowest BCUT2D eigenvalue weighted by atomic mass is 9.63. The molecule has 1 unspecified atom stereocenters. The Balaban J connectivity index is 1.26. The molecule has 4 nitrogen and oxygen atoms in total. The molecule has 1 aromatic heterocycles. The zero-order valence-electron chi connectivity index (χ0n) is 24.0. The van der Waals surface area contributed by atoms with Crippen molar-refractivity contribution >= 4 is 17.0 Å². The molecule has 1 spiro atoms. The number of allylic oxidation sites excluding steroid dienone is 6. The van der Waals surface area contributed by atoms with E-state index in [-0.39, 0.29) is 5.71 Å². The van der Waals surface area contributed by atoms with E-state index in [1.807, 2.05) is 54.6 Å². The quantitative estimate of drug-likeness (QED) is 0.208. The molecule has 0 bridgehead atoms. The van der Waals surface area contributed by atoms with Crippen LogP contribution >= 0.6 is 0 Å². The number of ether oxygens (including phenoxy) is 1. The second kappa shape index (κ2) is 10.3. The predicted molar refractivity (Wildman–Crippen MR) is 177 cm³/mol. The van der Waals surface area contributed by atoms with E-state index in [1.165, 1.54) is 27.8 Å². The van der Waals surface area contributed by atoms with Crippen LogP contribution in [0.25, 0.3) is 16.8 Å². The number of nitrogens with zero attached hydrogens (tertiary/aromatic N) is 1. The average molecular weight is 568 g/mol. The van der Waals surface area contributed by atoms with Crippen molar-refractivity contribution in [2.45, 2.75) is 18.3 Å². The van der Waals surface area contributed by atoms with E-state index < -0.39 is 5.41 Å². The SMILES string of the molecule is N=C(/C=C\C(=N)c1cccc(-c2cccc3c2Oc2ccccc2C32C3=C(C=CCC3)c3ccccc32)n1)c1ccccc1. The molecule has 0 saturated heterocycles. The Morgan fingerprint density at radius 2 is 1.39 bits per heavy atom. The zero-order chi connectivity index (χ0) is 29.7. The maximum Gasteiger partial charge on any atom is 0.141 e. The minimum Gasteiger partial charge on any atom is -0.456 e. The van der Waals surface area contributed by atoms with E-state index in [2.05, 4.69) is 72.8 Å². The summed E-state index contributed by atoms with van der Waals surface area (Å²) in [6, 6.07) is 38.9. The molecule has 1 atom stereocenters. The summed E-state index contributed by atoms with van der Waals surface area (Å²) in [5.41, 5.74) is 10.7. The van der Waals surface area contributed by atoms with Gasteiger partial charge in [-0.1, -0.05) is 103 Å². The molecule has 4 aromatic carbocycles. The minimum absolute atomic E-state index is 0.244. The molecule has 210 valence electrons. The van der Waals surface area contributed by atoms with Gasteiger partial charge in [-0.25, -0.2) is 4.98 Å². The van der Waals surface area contributed by atoms with Crippen molar-refractivity contribution in [3.05, 3.63) is 179 Å². The van der Waals surface area contributed by atoms with Gasteiger partial charge in [-0.15, -0.1) is 0 Å². The van der Waals surface area contributed by atoms with Crippen molar-refractivity contribution in [2.24, 2.45) is 0 Å². The first-order valence-corrected chi connectivity index (χ1v) is 15.0. The van der Waals surface area contributed by atoms with E-state index in [0.717, 1.165) is 46.7 Å². The number of benzene rings is 4. The van der Waals surface area contributed by atoms with Crippen LogP contribution in [0.15, 0.2) is 145 Å². The van der Waals surface area contributed by atoms with E-state index in [9.17, 15) is 0 Å². The van der Waals surface area contributed by atoms with Gasteiger partial charge in [0, 0.05) is 16.7 Å². The number of aromatic nitrogens is 1. The van der Waals surface area contributed by atoms with Gasteiger partial charge >= 0.3 is 0 Å². The van der Waals surface area contributed by atoms with Crippen LogP contribution in [0, 0.1) is 10.8 Å². The number of hydrogen-bond donors (Lipinski definition) is 2. The van der Waals surface area contributed by atoms with Gasteiger partial charge in [0.05, 0.1) is 28.2 Å². The van der Waals surface area contributed by atoms with Crippen LogP contribution < -0.4 is 4.74 Å². The van der Waals surface area contributed by atoms with Gasteiger partial charge in [-0.3, -0.25) is 5.41 Å². The lowest BCUT2D eigenvalue weighted by Crippen LogP contribution is -2.33. The summed E-state index contributed by atoms with van der Waals surface area (Å²) in [7, 11) is 0. The van der Waals surface area contributed by atoms with Gasteiger partial charge in [-0.05, 0) is 77.1 Å². The molecule has 0 saturated carbocycles. The fraction of sp³-hybridized carbons (Fsp3) is 0.0750. The highest BCUT2D eigenvalue weighted by atomic mass is 16.5. The van der Waals surface area contributed by atoms with Crippen LogP contribution in [0.4, 0.5) is 0 Å². The number of rotatable bonds is 5. The molecule has 0 amide bonds. The highest BCUT2D eigenvalue weighted by Crippen LogP contribution is 2.63. The predicted octanol–water partition coefficient (Wildman–Crippen LogP) is 9.30. The molecular weight excluding hydrogens is 538 g/mol. The first-order chi connectivity index (χ1) is 21.7. The van der Waals surface area contributed by atoms with Crippen molar-refractivity contribution < 1.29 is 4.74 Å². The lowest BCUT2D eigenvalue weighted by Gasteiger charge is -2.41. The molecule has 2 heterocycles. The van der Waals surface area contributed by atoms with Crippen LogP contribution in [-0.4, -0.2) is 16.4 Å². The van der Waals surface area contributed by atoms with Crippen molar-refractivity contribution in [1.82, 2.24) is 4.98 Å². The Morgan fingerprint density at radius 1 is 0.682 bits per heavy atom. The Hall–Kier alpha value is -5.61. The van der Waals surface area contributed by atoms with Crippen LogP contribution in [0.5, 0.6) is 11.5 Å². The first-order valence-electron chi connectivity index (χ1n) is 15.0. The van der Waals surface area contributed by atoms with Gasteiger partial charge in [-0.2, -0.15) is 0 Å². The average Bonchev–Trinajstić information content (AvgIpc) is 3.38. The van der Waals surface area contributed by atoms with Gasteiger partial charge in [0.1, 0.15) is 11.5 Å². The summed E-state index contributed by atoms with van der Waals surface area (Å²) < 4.78 is 6.80. The number of nitrogens with one attached hydrogen (secondary N) is 2. The number of fused-ring (bicyclic) bond motifs is 8. The molecule has 2 aliphatic carbocycles. The number of hydrogen-bond acceptors (Lipinski definition) is 4. The Morgan fingerprint density at radius 3 is 2.27 bits per heavy atom. The van der Waals surface area contributed by atoms with Crippen LogP contribution in [0.2, 0.25) is 0 Å². The fourth-order valence-electron chi connectivity index (χ4n) is 7.09. The summed E-state index contributed by atoms with van der Waals surface area (Å²) in [4.78, 5) is 4.95. The molecular formula is C40H29N3O. The second-order valence-corrected chi connectivity index (χ2v) is 11.3. The van der Waals surface area contributed by atoms with E-state index in [4.69, 9.17) is 20.5 Å². The summed E-state index contributed by atoms with van der Waals surface area (Å²) in [5.74, 6) is 1.67. The summed E-state index contributed by atoms with van der Waals surface area (Å²) in [6.07, 6.45) is 9.87. The van der Waals surface area contributed by atoms with Gasteiger partial charge in [0.25, 0.3) is 0 Å². The van der Waals surface area contributed by atoms with Gasteiger partial charge in [0.2, 0.25) is 0 Å². The van der Waals surface area contributed by atoms with Gasteiger partial charge < -0.3 is 10.1 Å². The number of pyridine rings is 1. The molecule has 4 heteroatoms. The molecule has 0 fully saturated rings. The summed E-state index contributed by atoms with van der Waals surface area (Å²) in [5, 5.41) is 17.1. The molecule has 3 aliphatic rings. The smallest absolute Gasteiger partial charge is 0.141 e. The monoisotopic (exact) mass is 567 g/mol. The van der Waals surface area contributed by atoms with Crippen LogP contribution in [0.3, 0.4) is 0 Å². The highest BCUT2D eigenvalue weighted by molar-refractivity contribution is 6.13. The third-order valence-corrected chi connectivity index (χ3v) is 8.97. The molecule has 2 N–H and O–H groups in total. The topological polar surface area (TPSA) is 69.8 Å². The molecule has 1 aliphatic heterocycles. The largest absolute Gasteiger partial charge is 0.456 e. The Bertz CT molecular complexity index is 2090. The van der Waals surface area contributed by atoms with E-state index >= 15 is 0 Å². The fourth-order valence-corrected chi connectivity index (χ4v) is 7.09. The van der Waals surface area contributed by atoms with Crippen molar-refractivity contribution in [2.75, 3.05) is 0 Å². The lowest BCUT2D eigenvalue weighted by molar-refractivity contribution is 0.433. The minimum atomic E-state index is -0.457. The summed E-state index contributed by atoms with van der Waals surface area (Å²) in [6.45, 7) is 0. The number of para-hydroxylation sites is 2. The second-order valence-electron chi connectivity index (χ2n) is 11.3.